The van der Waals surface area contributed by atoms with Gasteiger partial charge in [0.15, 0.2) is 0 Å². The summed E-state index contributed by atoms with van der Waals surface area (Å²) >= 11 is 6.22. The van der Waals surface area contributed by atoms with E-state index in [1.54, 1.807) is 12.1 Å². The summed E-state index contributed by atoms with van der Waals surface area (Å²) < 4.78 is 14.1. The molecule has 102 valence electrons. The molecule has 1 rings (SSSR count). The van der Waals surface area contributed by atoms with E-state index in [1.807, 2.05) is 0 Å². The van der Waals surface area contributed by atoms with Crippen LogP contribution < -0.4 is 5.32 Å². The van der Waals surface area contributed by atoms with Gasteiger partial charge in [0, 0.05) is 22.5 Å². The third-order valence-electron chi connectivity index (χ3n) is 3.74. The van der Waals surface area contributed by atoms with Gasteiger partial charge in [-0.3, -0.25) is 0 Å². The topological polar surface area (TPSA) is 12.0 Å². The van der Waals surface area contributed by atoms with Crippen molar-refractivity contribution in [2.45, 2.75) is 45.4 Å². The molecule has 0 saturated carbocycles. The molecule has 0 amide bonds. The highest BCUT2D eigenvalue weighted by Gasteiger charge is 2.32. The molecule has 0 fully saturated rings. The second-order valence-electron chi connectivity index (χ2n) is 4.76. The number of hydrogen-bond acceptors (Lipinski definition) is 1. The first-order chi connectivity index (χ1) is 8.61. The molecule has 3 heteroatoms. The second kappa shape index (κ2) is 7.10. The highest BCUT2D eigenvalue weighted by Crippen LogP contribution is 2.37. The molecule has 0 aliphatic heterocycles. The average molecular weight is 272 g/mol. The zero-order valence-electron chi connectivity index (χ0n) is 11.5. The monoisotopic (exact) mass is 271 g/mol. The van der Waals surface area contributed by atoms with Crippen LogP contribution in [0.1, 0.15) is 45.6 Å². The lowest BCUT2D eigenvalue weighted by Gasteiger charge is -2.33. The maximum absolute atomic E-state index is 14.1. The maximum atomic E-state index is 14.1. The molecule has 0 aliphatic rings. The molecule has 1 nitrogen and oxygen atoms in total. The SMILES string of the molecule is CCCNCC(CC)(CC)c1c(F)cccc1Cl. The minimum absolute atomic E-state index is 0.190. The molecule has 0 aromatic heterocycles. The van der Waals surface area contributed by atoms with Crippen molar-refractivity contribution in [2.24, 2.45) is 0 Å². The lowest BCUT2D eigenvalue weighted by Crippen LogP contribution is -2.38. The first-order valence-electron chi connectivity index (χ1n) is 6.76. The van der Waals surface area contributed by atoms with Crippen LogP contribution in [0.25, 0.3) is 0 Å². The van der Waals surface area contributed by atoms with Gasteiger partial charge < -0.3 is 5.32 Å². The van der Waals surface area contributed by atoms with Crippen LogP contribution in [0.3, 0.4) is 0 Å². The number of hydrogen-bond donors (Lipinski definition) is 1. The Bertz CT molecular complexity index is 355. The fourth-order valence-electron chi connectivity index (χ4n) is 2.45. The van der Waals surface area contributed by atoms with E-state index in [-0.39, 0.29) is 11.2 Å². The number of nitrogens with one attached hydrogen (secondary N) is 1. The zero-order valence-corrected chi connectivity index (χ0v) is 12.3. The Morgan fingerprint density at radius 3 is 2.39 bits per heavy atom. The van der Waals surface area contributed by atoms with Crippen molar-refractivity contribution in [2.75, 3.05) is 13.1 Å². The average Bonchev–Trinajstić information content (AvgIpc) is 2.37. The molecule has 1 aromatic rings. The van der Waals surface area contributed by atoms with Gasteiger partial charge >= 0.3 is 0 Å². The first-order valence-corrected chi connectivity index (χ1v) is 7.14. The van der Waals surface area contributed by atoms with Gasteiger partial charge in [0.25, 0.3) is 0 Å². The Labute approximate surface area is 115 Å². The van der Waals surface area contributed by atoms with Gasteiger partial charge in [-0.15, -0.1) is 0 Å². The van der Waals surface area contributed by atoms with Crippen LogP contribution in [0, 0.1) is 5.82 Å². The Morgan fingerprint density at radius 1 is 1.22 bits per heavy atom. The van der Waals surface area contributed by atoms with Crippen molar-refractivity contribution in [3.63, 3.8) is 0 Å². The summed E-state index contributed by atoms with van der Waals surface area (Å²) in [5.41, 5.74) is 0.456. The van der Waals surface area contributed by atoms with Crippen LogP contribution >= 0.6 is 11.6 Å². The molecule has 0 saturated heterocycles. The third-order valence-corrected chi connectivity index (χ3v) is 4.05. The summed E-state index contributed by atoms with van der Waals surface area (Å²) in [6.45, 7) is 8.05. The molecule has 0 radical (unpaired) electrons. The Morgan fingerprint density at radius 2 is 1.89 bits per heavy atom. The van der Waals surface area contributed by atoms with Crippen molar-refractivity contribution >= 4 is 11.6 Å². The molecule has 0 atom stereocenters. The van der Waals surface area contributed by atoms with Gasteiger partial charge in [-0.2, -0.15) is 0 Å². The normalized spacial score (nSPS) is 11.8. The summed E-state index contributed by atoms with van der Waals surface area (Å²) in [6.07, 6.45) is 2.83. The fourth-order valence-corrected chi connectivity index (χ4v) is 2.81. The molecule has 18 heavy (non-hydrogen) atoms. The minimum Gasteiger partial charge on any atom is -0.316 e. The zero-order chi connectivity index (χ0) is 13.6. The highest BCUT2D eigenvalue weighted by atomic mass is 35.5. The Balaban J connectivity index is 3.09. The number of halogens is 2. The van der Waals surface area contributed by atoms with Crippen molar-refractivity contribution in [1.29, 1.82) is 0 Å². The van der Waals surface area contributed by atoms with E-state index in [0.29, 0.717) is 10.6 Å². The second-order valence-corrected chi connectivity index (χ2v) is 5.17. The standard InChI is InChI=1S/C15H23ClFN/c1-4-10-18-11-15(5-2,6-3)14-12(16)8-7-9-13(14)17/h7-9,18H,4-6,10-11H2,1-3H3. The van der Waals surface area contributed by atoms with Crippen LogP contribution in [0.2, 0.25) is 5.02 Å². The molecule has 0 heterocycles. The van der Waals surface area contributed by atoms with Gasteiger partial charge in [0.05, 0.1) is 0 Å². The summed E-state index contributed by atoms with van der Waals surface area (Å²) in [5, 5.41) is 3.94. The fraction of sp³-hybridized carbons (Fsp3) is 0.600. The van der Waals surface area contributed by atoms with Crippen LogP contribution in [-0.2, 0) is 5.41 Å². The van der Waals surface area contributed by atoms with Crippen LogP contribution in [0.15, 0.2) is 18.2 Å². The molecular weight excluding hydrogens is 249 g/mol. The van der Waals surface area contributed by atoms with E-state index in [0.717, 1.165) is 32.4 Å². The Hall–Kier alpha value is -0.600. The number of rotatable bonds is 7. The van der Waals surface area contributed by atoms with Crippen molar-refractivity contribution in [1.82, 2.24) is 5.32 Å². The molecule has 1 aromatic carbocycles. The van der Waals surface area contributed by atoms with Crippen molar-refractivity contribution < 1.29 is 4.39 Å². The third kappa shape index (κ3) is 3.24. The lowest BCUT2D eigenvalue weighted by molar-refractivity contribution is 0.354. The maximum Gasteiger partial charge on any atom is 0.128 e. The van der Waals surface area contributed by atoms with Gasteiger partial charge in [0.2, 0.25) is 0 Å². The first kappa shape index (κ1) is 15.5. The van der Waals surface area contributed by atoms with Gasteiger partial charge in [-0.25, -0.2) is 4.39 Å². The van der Waals surface area contributed by atoms with Gasteiger partial charge in [-0.1, -0.05) is 38.4 Å². The van der Waals surface area contributed by atoms with Crippen LogP contribution in [0.4, 0.5) is 4.39 Å². The summed E-state index contributed by atoms with van der Waals surface area (Å²) in [5.74, 6) is -0.190. The van der Waals surface area contributed by atoms with Crippen LogP contribution in [-0.4, -0.2) is 13.1 Å². The molecule has 0 spiro atoms. The minimum atomic E-state index is -0.211. The van der Waals surface area contributed by atoms with Gasteiger partial charge in [-0.05, 0) is 37.9 Å². The predicted molar refractivity (Wildman–Crippen MR) is 76.8 cm³/mol. The van der Waals surface area contributed by atoms with E-state index in [9.17, 15) is 4.39 Å². The summed E-state index contributed by atoms with van der Waals surface area (Å²) in [7, 11) is 0. The van der Waals surface area contributed by atoms with E-state index in [1.165, 1.54) is 6.07 Å². The van der Waals surface area contributed by atoms with E-state index < -0.39 is 0 Å². The van der Waals surface area contributed by atoms with Crippen molar-refractivity contribution in [3.8, 4) is 0 Å². The largest absolute Gasteiger partial charge is 0.316 e. The Kier molecular flexibility index (Phi) is 6.10. The molecule has 0 unspecified atom stereocenters. The van der Waals surface area contributed by atoms with Crippen LogP contribution in [0.5, 0.6) is 0 Å². The summed E-state index contributed by atoms with van der Waals surface area (Å²) in [4.78, 5) is 0. The van der Waals surface area contributed by atoms with Crippen molar-refractivity contribution in [3.05, 3.63) is 34.6 Å². The molecule has 0 bridgehead atoms. The van der Waals surface area contributed by atoms with E-state index in [4.69, 9.17) is 11.6 Å². The lowest BCUT2D eigenvalue weighted by atomic mass is 9.75. The molecule has 0 aliphatic carbocycles. The van der Waals surface area contributed by atoms with Gasteiger partial charge in [0.1, 0.15) is 5.82 Å². The quantitative estimate of drug-likeness (QED) is 0.718. The number of benzene rings is 1. The predicted octanol–water partition coefficient (Wildman–Crippen LogP) is 4.54. The highest BCUT2D eigenvalue weighted by molar-refractivity contribution is 6.31. The van der Waals surface area contributed by atoms with E-state index in [2.05, 4.69) is 26.1 Å². The van der Waals surface area contributed by atoms with E-state index >= 15 is 0 Å². The molecular formula is C15H23ClFN. The summed E-state index contributed by atoms with van der Waals surface area (Å²) in [6, 6.07) is 4.94. The smallest absolute Gasteiger partial charge is 0.128 e. The molecule has 1 N–H and O–H groups in total.